The number of rotatable bonds is 6. The van der Waals surface area contributed by atoms with Crippen molar-refractivity contribution >= 4 is 24.1 Å². The molecule has 3 aromatic rings. The molecule has 0 saturated heterocycles. The first kappa shape index (κ1) is 18.9. The maximum absolute atomic E-state index is 10.1. The minimum atomic E-state index is 0.0106. The predicted octanol–water partition coefficient (Wildman–Crippen LogP) is 4.01. The summed E-state index contributed by atoms with van der Waals surface area (Å²) in [5, 5.41) is 20.2. The van der Waals surface area contributed by atoms with Crippen molar-refractivity contribution in [1.82, 2.24) is 4.98 Å². The van der Waals surface area contributed by atoms with E-state index in [-0.39, 0.29) is 11.5 Å². The van der Waals surface area contributed by atoms with Crippen molar-refractivity contribution in [2.75, 3.05) is 14.2 Å². The Kier molecular flexibility index (Phi) is 5.86. The van der Waals surface area contributed by atoms with E-state index in [2.05, 4.69) is 15.0 Å². The molecule has 0 atom stereocenters. The normalized spacial score (nSPS) is 11.2. The van der Waals surface area contributed by atoms with Gasteiger partial charge in [-0.15, -0.1) is 0 Å². The summed E-state index contributed by atoms with van der Waals surface area (Å²) < 4.78 is 10.2. The van der Waals surface area contributed by atoms with Crippen molar-refractivity contribution in [3.05, 3.63) is 65.7 Å². The van der Waals surface area contributed by atoms with E-state index in [0.717, 1.165) is 0 Å². The van der Waals surface area contributed by atoms with Gasteiger partial charge in [0, 0.05) is 23.6 Å². The zero-order valence-corrected chi connectivity index (χ0v) is 15.4. The molecule has 0 aliphatic rings. The Morgan fingerprint density at radius 2 is 1.14 bits per heavy atom. The molecule has 0 amide bonds. The number of ether oxygens (including phenoxy) is 2. The first-order valence-corrected chi connectivity index (χ1v) is 8.39. The highest BCUT2D eigenvalue weighted by Gasteiger charge is 2.06. The van der Waals surface area contributed by atoms with Gasteiger partial charge < -0.3 is 19.7 Å². The van der Waals surface area contributed by atoms with Crippen LogP contribution in [0.25, 0.3) is 0 Å². The van der Waals surface area contributed by atoms with Crippen LogP contribution in [0.5, 0.6) is 23.0 Å². The third kappa shape index (κ3) is 4.27. The maximum atomic E-state index is 10.1. The molecular formula is C21H19N3O4. The summed E-state index contributed by atoms with van der Waals surface area (Å²) in [6.45, 7) is 0. The molecule has 2 aromatic carbocycles. The predicted molar refractivity (Wildman–Crippen MR) is 108 cm³/mol. The number of benzene rings is 2. The topological polar surface area (TPSA) is 96.5 Å². The molecule has 0 radical (unpaired) electrons. The van der Waals surface area contributed by atoms with Gasteiger partial charge in [0.15, 0.2) is 34.6 Å². The SMILES string of the molecule is COc1cccc(C=Nc2cccc(N=Cc3cccc(OC)c3O)n2)c1O. The molecule has 0 fully saturated rings. The molecule has 0 aliphatic carbocycles. The smallest absolute Gasteiger partial charge is 0.166 e. The monoisotopic (exact) mass is 377 g/mol. The highest BCUT2D eigenvalue weighted by Crippen LogP contribution is 2.29. The van der Waals surface area contributed by atoms with Crippen LogP contribution < -0.4 is 9.47 Å². The van der Waals surface area contributed by atoms with Crippen LogP contribution in [-0.4, -0.2) is 41.8 Å². The fraction of sp³-hybridized carbons (Fsp3) is 0.0952. The Morgan fingerprint density at radius 3 is 1.57 bits per heavy atom. The highest BCUT2D eigenvalue weighted by atomic mass is 16.5. The van der Waals surface area contributed by atoms with Gasteiger partial charge in [0.2, 0.25) is 0 Å². The number of aliphatic imine (C=N–C) groups is 2. The number of para-hydroxylation sites is 2. The number of aromatic hydroxyl groups is 2. The third-order valence-corrected chi connectivity index (χ3v) is 3.89. The summed E-state index contributed by atoms with van der Waals surface area (Å²) >= 11 is 0. The van der Waals surface area contributed by atoms with E-state index in [9.17, 15) is 10.2 Å². The van der Waals surface area contributed by atoms with Gasteiger partial charge >= 0.3 is 0 Å². The lowest BCUT2D eigenvalue weighted by atomic mass is 10.2. The highest BCUT2D eigenvalue weighted by molar-refractivity contribution is 5.87. The Balaban J connectivity index is 1.81. The second-order valence-electron chi connectivity index (χ2n) is 5.67. The molecule has 0 bridgehead atoms. The Labute approximate surface area is 162 Å². The number of methoxy groups -OCH3 is 2. The van der Waals surface area contributed by atoms with E-state index in [4.69, 9.17) is 9.47 Å². The summed E-state index contributed by atoms with van der Waals surface area (Å²) in [5.74, 6) is 1.60. The summed E-state index contributed by atoms with van der Waals surface area (Å²) in [5.41, 5.74) is 1.02. The van der Waals surface area contributed by atoms with Gasteiger partial charge in [-0.3, -0.25) is 0 Å². The summed E-state index contributed by atoms with van der Waals surface area (Å²) in [4.78, 5) is 12.9. The third-order valence-electron chi connectivity index (χ3n) is 3.89. The van der Waals surface area contributed by atoms with E-state index >= 15 is 0 Å². The molecule has 1 heterocycles. The zero-order valence-electron chi connectivity index (χ0n) is 15.4. The van der Waals surface area contributed by atoms with Crippen molar-refractivity contribution in [2.45, 2.75) is 0 Å². The quantitative estimate of drug-likeness (QED) is 0.633. The number of hydrogen-bond donors (Lipinski definition) is 2. The Morgan fingerprint density at radius 1 is 0.714 bits per heavy atom. The molecule has 0 spiro atoms. The van der Waals surface area contributed by atoms with E-state index in [1.54, 1.807) is 54.6 Å². The number of pyridine rings is 1. The maximum Gasteiger partial charge on any atom is 0.166 e. The first-order valence-electron chi connectivity index (χ1n) is 8.39. The van der Waals surface area contributed by atoms with Gasteiger partial charge in [0.05, 0.1) is 14.2 Å². The van der Waals surface area contributed by atoms with Crippen LogP contribution >= 0.6 is 0 Å². The molecule has 0 unspecified atom stereocenters. The van der Waals surface area contributed by atoms with Gasteiger partial charge in [-0.1, -0.05) is 18.2 Å². The second-order valence-corrected chi connectivity index (χ2v) is 5.67. The van der Waals surface area contributed by atoms with E-state index < -0.39 is 0 Å². The fourth-order valence-electron chi connectivity index (χ4n) is 2.44. The lowest BCUT2D eigenvalue weighted by Crippen LogP contribution is -1.89. The minimum absolute atomic E-state index is 0.0106. The average Bonchev–Trinajstić information content (AvgIpc) is 2.72. The van der Waals surface area contributed by atoms with Crippen LogP contribution in [0.2, 0.25) is 0 Å². The van der Waals surface area contributed by atoms with Crippen molar-refractivity contribution < 1.29 is 19.7 Å². The van der Waals surface area contributed by atoms with Crippen LogP contribution in [0.1, 0.15) is 11.1 Å². The lowest BCUT2D eigenvalue weighted by Gasteiger charge is -2.05. The summed E-state index contributed by atoms with van der Waals surface area (Å²) in [6, 6.07) is 15.5. The number of aromatic nitrogens is 1. The molecule has 3 rings (SSSR count). The van der Waals surface area contributed by atoms with Crippen molar-refractivity contribution in [1.29, 1.82) is 0 Å². The Hall–Kier alpha value is -3.87. The van der Waals surface area contributed by atoms with Gasteiger partial charge in [0.25, 0.3) is 0 Å². The molecular weight excluding hydrogens is 358 g/mol. The first-order chi connectivity index (χ1) is 13.6. The Bertz CT molecular complexity index is 953. The largest absolute Gasteiger partial charge is 0.504 e. The average molecular weight is 377 g/mol. The molecule has 0 aliphatic heterocycles. The molecule has 2 N–H and O–H groups in total. The number of phenols is 2. The standard InChI is InChI=1S/C21H19N3O4/c1-27-16-8-3-6-14(20(16)25)12-22-18-10-5-11-19(24-18)23-13-15-7-4-9-17(28-2)21(15)26/h3-13,25-26H,1-2H3. The molecule has 7 nitrogen and oxygen atoms in total. The van der Waals surface area contributed by atoms with E-state index in [0.29, 0.717) is 34.3 Å². The number of hydrogen-bond acceptors (Lipinski definition) is 7. The van der Waals surface area contributed by atoms with E-state index in [1.165, 1.54) is 26.6 Å². The van der Waals surface area contributed by atoms with Gasteiger partial charge in [-0.2, -0.15) is 0 Å². The molecule has 0 saturated carbocycles. The second kappa shape index (κ2) is 8.68. The number of nitrogens with zero attached hydrogens (tertiary/aromatic N) is 3. The summed E-state index contributed by atoms with van der Waals surface area (Å²) in [6.07, 6.45) is 3.00. The van der Waals surface area contributed by atoms with Gasteiger partial charge in [-0.25, -0.2) is 15.0 Å². The van der Waals surface area contributed by atoms with Gasteiger partial charge in [0.1, 0.15) is 0 Å². The molecule has 28 heavy (non-hydrogen) atoms. The van der Waals surface area contributed by atoms with Crippen LogP contribution in [-0.2, 0) is 0 Å². The minimum Gasteiger partial charge on any atom is -0.504 e. The zero-order chi connectivity index (χ0) is 19.9. The molecule has 7 heteroatoms. The fourth-order valence-corrected chi connectivity index (χ4v) is 2.44. The van der Waals surface area contributed by atoms with Crippen LogP contribution in [0.4, 0.5) is 11.6 Å². The number of phenolic OH excluding ortho intramolecular Hbond substituents is 2. The summed E-state index contributed by atoms with van der Waals surface area (Å²) in [7, 11) is 2.97. The van der Waals surface area contributed by atoms with Crippen molar-refractivity contribution in [3.8, 4) is 23.0 Å². The van der Waals surface area contributed by atoms with E-state index in [1.807, 2.05) is 0 Å². The lowest BCUT2D eigenvalue weighted by molar-refractivity contribution is 0.373. The van der Waals surface area contributed by atoms with Gasteiger partial charge in [-0.05, 0) is 36.4 Å². The molecule has 1 aromatic heterocycles. The van der Waals surface area contributed by atoms with Crippen LogP contribution in [0, 0.1) is 0 Å². The van der Waals surface area contributed by atoms with Crippen LogP contribution in [0.15, 0.2) is 64.6 Å². The van der Waals surface area contributed by atoms with Crippen molar-refractivity contribution in [2.24, 2.45) is 9.98 Å². The molecule has 142 valence electrons. The van der Waals surface area contributed by atoms with Crippen molar-refractivity contribution in [3.63, 3.8) is 0 Å². The van der Waals surface area contributed by atoms with Crippen LogP contribution in [0.3, 0.4) is 0 Å².